The molecule has 1 heterocycles. The van der Waals surface area contributed by atoms with Gasteiger partial charge < -0.3 is 5.32 Å². The molecule has 0 fully saturated rings. The molecule has 0 amide bonds. The topological polar surface area (TPSA) is 12.0 Å². The second-order valence-electron chi connectivity index (χ2n) is 4.06. The van der Waals surface area contributed by atoms with Crippen molar-refractivity contribution in [3.63, 3.8) is 0 Å². The molecule has 1 aromatic rings. The van der Waals surface area contributed by atoms with Crippen LogP contribution < -0.4 is 15.8 Å². The van der Waals surface area contributed by atoms with Crippen molar-refractivity contribution in [3.05, 3.63) is 34.2 Å². The van der Waals surface area contributed by atoms with E-state index in [1.165, 1.54) is 16.0 Å². The van der Waals surface area contributed by atoms with Gasteiger partial charge in [-0.15, -0.1) is 0 Å². The summed E-state index contributed by atoms with van der Waals surface area (Å²) in [6, 6.07) is 6.32. The highest BCUT2D eigenvalue weighted by Gasteiger charge is 2.20. The Labute approximate surface area is 103 Å². The number of hydrogen-bond donors (Lipinski definition) is 1. The van der Waals surface area contributed by atoms with E-state index >= 15 is 0 Å². The monoisotopic (exact) mass is 285 g/mol. The molecular weight excluding hydrogens is 273 g/mol. The average molecular weight is 287 g/mol. The Hall–Kier alpha value is -0.470. The summed E-state index contributed by atoms with van der Waals surface area (Å²) in [7, 11) is 0. The molecule has 0 saturated heterocycles. The van der Waals surface area contributed by atoms with Crippen LogP contribution in [0.5, 0.6) is 0 Å². The normalized spacial score (nSPS) is 23.8. The minimum Gasteiger partial charge on any atom is -0.360 e. The molecule has 80 valence electrons. The van der Waals surface area contributed by atoms with E-state index in [9.17, 15) is 0 Å². The van der Waals surface area contributed by atoms with Gasteiger partial charge in [-0.05, 0) is 43.9 Å². The van der Waals surface area contributed by atoms with Crippen molar-refractivity contribution in [2.75, 3.05) is 0 Å². The number of alkyl halides is 2. The van der Waals surface area contributed by atoms with E-state index in [0.29, 0.717) is 5.92 Å². The van der Waals surface area contributed by atoms with Gasteiger partial charge in [0.05, 0.1) is 0 Å². The smallest absolute Gasteiger partial charge is 0.188 e. The minimum atomic E-state index is -0.648. The molecule has 1 atom stereocenters. The summed E-state index contributed by atoms with van der Waals surface area (Å²) < 4.78 is -0.648. The van der Waals surface area contributed by atoms with Crippen LogP contribution in [0.1, 0.15) is 25.3 Å². The third kappa shape index (κ3) is 2.21. The molecule has 0 saturated carbocycles. The zero-order valence-corrected chi connectivity index (χ0v) is 11.1. The maximum absolute atomic E-state index is 6.20. The molecule has 15 heavy (non-hydrogen) atoms. The largest absolute Gasteiger partial charge is 0.360 e. The van der Waals surface area contributed by atoms with Crippen LogP contribution in [0.25, 0.3) is 12.3 Å². The standard InChI is InChI=1S/C12H13BrClN/c1-8(2)10-5-3-4-9-7-15-12(13,14)6-11(9)10/h3-8,15H,1-2H3. The van der Waals surface area contributed by atoms with Gasteiger partial charge in [-0.1, -0.05) is 43.6 Å². The van der Waals surface area contributed by atoms with Crippen LogP contribution >= 0.6 is 27.5 Å². The molecule has 1 nitrogen and oxygen atoms in total. The quantitative estimate of drug-likeness (QED) is 0.617. The number of nitrogens with one attached hydrogen (secondary N) is 1. The highest BCUT2D eigenvalue weighted by molar-refractivity contribution is 9.10. The van der Waals surface area contributed by atoms with E-state index in [2.05, 4.69) is 53.3 Å². The number of hydrogen-bond acceptors (Lipinski definition) is 1. The van der Waals surface area contributed by atoms with Gasteiger partial charge in [0.25, 0.3) is 0 Å². The first kappa shape index (κ1) is 11.0. The predicted molar refractivity (Wildman–Crippen MR) is 69.4 cm³/mol. The molecule has 0 radical (unpaired) electrons. The average Bonchev–Trinajstić information content (AvgIpc) is 2.15. The molecule has 1 unspecified atom stereocenters. The Morgan fingerprint density at radius 2 is 2.13 bits per heavy atom. The van der Waals surface area contributed by atoms with Gasteiger partial charge in [0.1, 0.15) is 0 Å². The summed E-state index contributed by atoms with van der Waals surface area (Å²) in [4.78, 5) is 0. The second-order valence-corrected chi connectivity index (χ2v) is 6.36. The van der Waals surface area contributed by atoms with Crippen LogP contribution in [0.3, 0.4) is 0 Å². The highest BCUT2D eigenvalue weighted by Crippen LogP contribution is 2.23. The van der Waals surface area contributed by atoms with Crippen molar-refractivity contribution in [2.24, 2.45) is 0 Å². The van der Waals surface area contributed by atoms with Crippen molar-refractivity contribution in [1.82, 2.24) is 5.32 Å². The fourth-order valence-corrected chi connectivity index (χ4v) is 2.30. The van der Waals surface area contributed by atoms with Crippen LogP contribution in [0.4, 0.5) is 0 Å². The zero-order chi connectivity index (χ0) is 11.1. The molecule has 1 aliphatic heterocycles. The number of fused-ring (bicyclic) bond motifs is 1. The zero-order valence-electron chi connectivity index (χ0n) is 8.72. The lowest BCUT2D eigenvalue weighted by Gasteiger charge is -2.21. The molecule has 1 aromatic carbocycles. The highest BCUT2D eigenvalue weighted by atomic mass is 79.9. The van der Waals surface area contributed by atoms with Gasteiger partial charge in [0.2, 0.25) is 0 Å². The van der Waals surface area contributed by atoms with Gasteiger partial charge in [-0.3, -0.25) is 0 Å². The summed E-state index contributed by atoms with van der Waals surface area (Å²) in [5, 5.41) is 5.49. The fourth-order valence-electron chi connectivity index (χ4n) is 1.79. The summed E-state index contributed by atoms with van der Waals surface area (Å²) in [6.45, 7) is 4.38. The second kappa shape index (κ2) is 3.84. The van der Waals surface area contributed by atoms with Gasteiger partial charge in [0.15, 0.2) is 3.91 Å². The number of benzene rings is 1. The third-order valence-electron chi connectivity index (χ3n) is 2.54. The van der Waals surface area contributed by atoms with Gasteiger partial charge in [-0.25, -0.2) is 0 Å². The molecule has 1 N–H and O–H groups in total. The van der Waals surface area contributed by atoms with Gasteiger partial charge >= 0.3 is 0 Å². The Bertz CT molecular complexity index is 491. The lowest BCUT2D eigenvalue weighted by molar-refractivity contribution is 0.846. The van der Waals surface area contributed by atoms with Gasteiger partial charge in [-0.2, -0.15) is 0 Å². The van der Waals surface area contributed by atoms with Crippen LogP contribution in [0, 0.1) is 0 Å². The first-order chi connectivity index (χ1) is 6.99. The van der Waals surface area contributed by atoms with E-state index in [1.54, 1.807) is 0 Å². The van der Waals surface area contributed by atoms with Gasteiger partial charge in [0, 0.05) is 6.20 Å². The fraction of sp³-hybridized carbons (Fsp3) is 0.333. The van der Waals surface area contributed by atoms with Crippen LogP contribution in [0.15, 0.2) is 18.2 Å². The minimum absolute atomic E-state index is 0.502. The van der Waals surface area contributed by atoms with Crippen LogP contribution in [-0.4, -0.2) is 3.91 Å². The lowest BCUT2D eigenvalue weighted by Crippen LogP contribution is -2.42. The summed E-state index contributed by atoms with van der Waals surface area (Å²) >= 11 is 9.61. The third-order valence-corrected chi connectivity index (χ3v) is 3.22. The van der Waals surface area contributed by atoms with Crippen molar-refractivity contribution in [2.45, 2.75) is 23.7 Å². The molecule has 0 aliphatic carbocycles. The Morgan fingerprint density at radius 1 is 1.40 bits per heavy atom. The molecule has 3 heteroatoms. The molecule has 0 aromatic heterocycles. The van der Waals surface area contributed by atoms with Crippen LogP contribution in [0.2, 0.25) is 0 Å². The van der Waals surface area contributed by atoms with E-state index in [0.717, 1.165) is 0 Å². The van der Waals surface area contributed by atoms with Crippen molar-refractivity contribution in [3.8, 4) is 0 Å². The van der Waals surface area contributed by atoms with Crippen molar-refractivity contribution in [1.29, 1.82) is 0 Å². The summed E-state index contributed by atoms with van der Waals surface area (Å²) in [5.74, 6) is 0.502. The first-order valence-electron chi connectivity index (χ1n) is 4.97. The predicted octanol–water partition coefficient (Wildman–Crippen LogP) is 2.22. The van der Waals surface area contributed by atoms with E-state index in [1.807, 2.05) is 12.3 Å². The van der Waals surface area contributed by atoms with Crippen LogP contribution in [-0.2, 0) is 0 Å². The van der Waals surface area contributed by atoms with Crippen molar-refractivity contribution < 1.29 is 0 Å². The SMILES string of the molecule is CC(C)c1cccc2c1=CC(Cl)(Br)NC=2. The lowest BCUT2D eigenvalue weighted by atomic mass is 9.98. The number of rotatable bonds is 1. The molecule has 2 rings (SSSR count). The Morgan fingerprint density at radius 3 is 2.80 bits per heavy atom. The maximum Gasteiger partial charge on any atom is 0.188 e. The Balaban J connectivity index is 2.75. The van der Waals surface area contributed by atoms with Crippen molar-refractivity contribution >= 4 is 39.8 Å². The van der Waals surface area contributed by atoms with E-state index in [-0.39, 0.29) is 0 Å². The van der Waals surface area contributed by atoms with E-state index in [4.69, 9.17) is 11.6 Å². The Kier molecular flexibility index (Phi) is 2.82. The van der Waals surface area contributed by atoms with E-state index < -0.39 is 3.91 Å². The maximum atomic E-state index is 6.20. The molecule has 1 aliphatic rings. The molecule has 0 bridgehead atoms. The first-order valence-corrected chi connectivity index (χ1v) is 6.14. The molecular formula is C12H13BrClN. The summed E-state index contributed by atoms with van der Waals surface area (Å²) in [6.07, 6.45) is 3.96. The number of halogens is 2. The summed E-state index contributed by atoms with van der Waals surface area (Å²) in [5.41, 5.74) is 1.33. The molecule has 0 spiro atoms.